The molecule has 0 heterocycles. The van der Waals surface area contributed by atoms with E-state index in [1.807, 2.05) is 0 Å². The second-order valence-corrected chi connectivity index (χ2v) is 3.17. The van der Waals surface area contributed by atoms with Crippen LogP contribution in [0.5, 0.6) is 0 Å². The van der Waals surface area contributed by atoms with Crippen molar-refractivity contribution in [3.05, 3.63) is 0 Å². The van der Waals surface area contributed by atoms with Gasteiger partial charge < -0.3 is 20.3 Å². The fraction of sp³-hybridized carbons (Fsp3) is 0.875. The van der Waals surface area contributed by atoms with Gasteiger partial charge >= 0.3 is 0 Å². The summed E-state index contributed by atoms with van der Waals surface area (Å²) in [6.07, 6.45) is 0.228. The monoisotopic (exact) mass is 191 g/mol. The number of nitrogens with one attached hydrogen (secondary N) is 1. The summed E-state index contributed by atoms with van der Waals surface area (Å²) in [6, 6.07) is 0. The third-order valence-electron chi connectivity index (χ3n) is 1.67. The minimum absolute atomic E-state index is 0.228. The van der Waals surface area contributed by atoms with Gasteiger partial charge in [-0.15, -0.1) is 0 Å². The first-order valence-electron chi connectivity index (χ1n) is 4.09. The van der Waals surface area contributed by atoms with Crippen LogP contribution < -0.4 is 5.32 Å². The molecule has 0 aliphatic rings. The fourth-order valence-corrected chi connectivity index (χ4v) is 0.723. The van der Waals surface area contributed by atoms with Crippen molar-refractivity contribution in [2.45, 2.75) is 18.9 Å². The lowest BCUT2D eigenvalue weighted by atomic mass is 10.1. The van der Waals surface area contributed by atoms with Gasteiger partial charge in [-0.2, -0.15) is 0 Å². The molecule has 0 bridgehead atoms. The van der Waals surface area contributed by atoms with Gasteiger partial charge in [0.1, 0.15) is 0 Å². The topological polar surface area (TPSA) is 78.8 Å². The van der Waals surface area contributed by atoms with Crippen molar-refractivity contribution in [1.82, 2.24) is 5.32 Å². The molecule has 0 aliphatic heterocycles. The van der Waals surface area contributed by atoms with E-state index in [1.165, 1.54) is 7.11 Å². The number of carbonyl (C=O) groups excluding carboxylic acids is 1. The molecular weight excluding hydrogens is 174 g/mol. The Kier molecular flexibility index (Phi) is 5.61. The van der Waals surface area contributed by atoms with E-state index in [-0.39, 0.29) is 25.5 Å². The first-order valence-corrected chi connectivity index (χ1v) is 4.09. The zero-order valence-corrected chi connectivity index (χ0v) is 8.04. The van der Waals surface area contributed by atoms with Crippen molar-refractivity contribution >= 4 is 5.91 Å². The van der Waals surface area contributed by atoms with Gasteiger partial charge in [0.25, 0.3) is 0 Å². The van der Waals surface area contributed by atoms with Gasteiger partial charge in [-0.1, -0.05) is 0 Å². The summed E-state index contributed by atoms with van der Waals surface area (Å²) < 4.78 is 4.71. The summed E-state index contributed by atoms with van der Waals surface area (Å²) in [6.45, 7) is 1.32. The normalized spacial score (nSPS) is 11.4. The van der Waals surface area contributed by atoms with Gasteiger partial charge in [0.05, 0.1) is 25.4 Å². The molecule has 78 valence electrons. The molecule has 0 aromatic heterocycles. The van der Waals surface area contributed by atoms with Crippen molar-refractivity contribution in [2.75, 3.05) is 26.9 Å². The van der Waals surface area contributed by atoms with Crippen LogP contribution in [0.25, 0.3) is 0 Å². The lowest BCUT2D eigenvalue weighted by molar-refractivity contribution is -0.124. The number of aliphatic hydroxyl groups excluding tert-OH is 2. The van der Waals surface area contributed by atoms with Crippen LogP contribution in [0.4, 0.5) is 0 Å². The largest absolute Gasteiger partial charge is 0.394 e. The molecule has 0 aromatic rings. The van der Waals surface area contributed by atoms with Crippen LogP contribution >= 0.6 is 0 Å². The Balaban J connectivity index is 3.87. The quantitative estimate of drug-likeness (QED) is 0.497. The van der Waals surface area contributed by atoms with Crippen LogP contribution in [-0.4, -0.2) is 48.6 Å². The van der Waals surface area contributed by atoms with E-state index in [4.69, 9.17) is 14.9 Å². The van der Waals surface area contributed by atoms with Crippen LogP contribution in [0.15, 0.2) is 0 Å². The maximum Gasteiger partial charge on any atom is 0.222 e. The number of hydrogen-bond acceptors (Lipinski definition) is 4. The van der Waals surface area contributed by atoms with Gasteiger partial charge in [-0.25, -0.2) is 0 Å². The van der Waals surface area contributed by atoms with Crippen molar-refractivity contribution in [1.29, 1.82) is 0 Å². The molecule has 1 amide bonds. The van der Waals surface area contributed by atoms with Crippen molar-refractivity contribution in [3.8, 4) is 0 Å². The number of aliphatic hydroxyl groups is 2. The third kappa shape index (κ3) is 4.82. The summed E-state index contributed by atoms with van der Waals surface area (Å²) >= 11 is 0. The van der Waals surface area contributed by atoms with Crippen LogP contribution in [-0.2, 0) is 9.53 Å². The average Bonchev–Trinajstić information content (AvgIpc) is 2.14. The first-order chi connectivity index (χ1) is 6.08. The second kappa shape index (κ2) is 5.90. The van der Waals surface area contributed by atoms with Crippen LogP contribution in [0.1, 0.15) is 13.3 Å². The van der Waals surface area contributed by atoms with Crippen molar-refractivity contribution in [2.24, 2.45) is 0 Å². The summed E-state index contributed by atoms with van der Waals surface area (Å²) in [5.41, 5.74) is -0.940. The number of carbonyl (C=O) groups is 1. The predicted octanol–water partition coefficient (Wildman–Crippen LogP) is -1.12. The SMILES string of the molecule is COCCC(=O)NC(C)(CO)CO. The summed E-state index contributed by atoms with van der Waals surface area (Å²) in [4.78, 5) is 11.1. The Morgan fingerprint density at radius 3 is 2.38 bits per heavy atom. The highest BCUT2D eigenvalue weighted by Crippen LogP contribution is 2.00. The number of amides is 1. The molecule has 3 N–H and O–H groups in total. The molecule has 0 atom stereocenters. The predicted molar refractivity (Wildman–Crippen MR) is 47.2 cm³/mol. The molecule has 0 saturated carbocycles. The molecule has 13 heavy (non-hydrogen) atoms. The Morgan fingerprint density at radius 2 is 2.00 bits per heavy atom. The average molecular weight is 191 g/mol. The van der Waals surface area contributed by atoms with E-state index in [2.05, 4.69) is 5.32 Å². The van der Waals surface area contributed by atoms with Gasteiger partial charge in [-0.05, 0) is 6.92 Å². The Labute approximate surface area is 77.7 Å². The smallest absolute Gasteiger partial charge is 0.222 e. The number of ether oxygens (including phenoxy) is 1. The van der Waals surface area contributed by atoms with Crippen LogP contribution in [0, 0.1) is 0 Å². The Hall–Kier alpha value is -0.650. The third-order valence-corrected chi connectivity index (χ3v) is 1.67. The molecule has 0 radical (unpaired) electrons. The van der Waals surface area contributed by atoms with Crippen molar-refractivity contribution < 1.29 is 19.7 Å². The molecule has 0 unspecified atom stereocenters. The zero-order valence-electron chi connectivity index (χ0n) is 8.04. The van der Waals surface area contributed by atoms with Crippen LogP contribution in [0.2, 0.25) is 0 Å². The minimum Gasteiger partial charge on any atom is -0.394 e. The number of rotatable bonds is 6. The molecule has 0 spiro atoms. The molecule has 0 aliphatic carbocycles. The minimum atomic E-state index is -0.940. The Morgan fingerprint density at radius 1 is 1.46 bits per heavy atom. The van der Waals surface area contributed by atoms with E-state index in [9.17, 15) is 4.79 Å². The molecule has 5 heteroatoms. The second-order valence-electron chi connectivity index (χ2n) is 3.17. The molecular formula is C8H17NO4. The molecule has 0 fully saturated rings. The summed E-state index contributed by atoms with van der Waals surface area (Å²) in [7, 11) is 1.50. The highest BCUT2D eigenvalue weighted by molar-refractivity contribution is 5.76. The number of hydrogen-bond donors (Lipinski definition) is 3. The molecule has 0 rings (SSSR count). The Bertz CT molecular complexity index is 156. The van der Waals surface area contributed by atoms with Crippen LogP contribution in [0.3, 0.4) is 0 Å². The number of methoxy groups -OCH3 is 1. The highest BCUT2D eigenvalue weighted by atomic mass is 16.5. The molecule has 0 aromatic carbocycles. The van der Waals surface area contributed by atoms with E-state index in [1.54, 1.807) is 6.92 Å². The first kappa shape index (κ1) is 12.3. The van der Waals surface area contributed by atoms with Gasteiger partial charge in [0, 0.05) is 13.5 Å². The lowest BCUT2D eigenvalue weighted by Gasteiger charge is -2.26. The van der Waals surface area contributed by atoms with E-state index >= 15 is 0 Å². The lowest BCUT2D eigenvalue weighted by Crippen LogP contribution is -2.51. The highest BCUT2D eigenvalue weighted by Gasteiger charge is 2.23. The van der Waals surface area contributed by atoms with Gasteiger partial charge in [0.15, 0.2) is 0 Å². The van der Waals surface area contributed by atoms with Crippen molar-refractivity contribution in [3.63, 3.8) is 0 Å². The van der Waals surface area contributed by atoms with E-state index in [0.717, 1.165) is 0 Å². The summed E-state index contributed by atoms with van der Waals surface area (Å²) in [5, 5.41) is 20.2. The maximum atomic E-state index is 11.1. The fourth-order valence-electron chi connectivity index (χ4n) is 0.723. The molecule has 0 saturated heterocycles. The van der Waals surface area contributed by atoms with E-state index in [0.29, 0.717) is 6.61 Å². The summed E-state index contributed by atoms with van der Waals surface area (Å²) in [5.74, 6) is -0.243. The maximum absolute atomic E-state index is 11.1. The van der Waals surface area contributed by atoms with E-state index < -0.39 is 5.54 Å². The van der Waals surface area contributed by atoms with Gasteiger partial charge in [0.2, 0.25) is 5.91 Å². The molecule has 5 nitrogen and oxygen atoms in total. The standard InChI is InChI=1S/C8H17NO4/c1-8(5-10,6-11)9-7(12)3-4-13-2/h10-11H,3-6H2,1-2H3,(H,9,12). The van der Waals surface area contributed by atoms with Gasteiger partial charge in [-0.3, -0.25) is 4.79 Å². The zero-order chi connectivity index (χ0) is 10.3.